The van der Waals surface area contributed by atoms with Crippen LogP contribution < -0.4 is 10.6 Å². The fourth-order valence-corrected chi connectivity index (χ4v) is 2.24. The Balaban J connectivity index is 1.94. The highest BCUT2D eigenvalue weighted by atomic mass is 35.5. The Morgan fingerprint density at radius 3 is 3.06 bits per heavy atom. The molecule has 5 nitrogen and oxygen atoms in total. The maximum absolute atomic E-state index is 6.03. The van der Waals surface area contributed by atoms with E-state index in [9.17, 15) is 0 Å². The van der Waals surface area contributed by atoms with E-state index in [0.29, 0.717) is 17.3 Å². The molecular weight excluding hydrogens is 238 g/mol. The number of para-hydroxylation sites is 1. The van der Waals surface area contributed by atoms with Crippen LogP contribution in [-0.4, -0.2) is 21.3 Å². The molecule has 1 aromatic heterocycles. The third-order valence-electron chi connectivity index (χ3n) is 3.01. The van der Waals surface area contributed by atoms with Crippen LogP contribution in [0.3, 0.4) is 0 Å². The van der Waals surface area contributed by atoms with Crippen molar-refractivity contribution >= 4 is 23.0 Å². The van der Waals surface area contributed by atoms with Crippen LogP contribution in [-0.2, 0) is 13.1 Å². The second-order valence-corrected chi connectivity index (χ2v) is 4.44. The third-order valence-corrected chi connectivity index (χ3v) is 3.34. The van der Waals surface area contributed by atoms with E-state index in [-0.39, 0.29) is 0 Å². The Morgan fingerprint density at radius 1 is 1.29 bits per heavy atom. The molecule has 0 spiro atoms. The van der Waals surface area contributed by atoms with E-state index in [1.807, 2.05) is 12.1 Å². The van der Waals surface area contributed by atoms with Crippen molar-refractivity contribution < 1.29 is 0 Å². The Hall–Kier alpha value is -1.75. The van der Waals surface area contributed by atoms with Gasteiger partial charge in [0.25, 0.3) is 0 Å². The summed E-state index contributed by atoms with van der Waals surface area (Å²) in [4.78, 5) is 2.17. The summed E-state index contributed by atoms with van der Waals surface area (Å²) in [6.07, 6.45) is 1.76. The largest absolute Gasteiger partial charge is 0.396 e. The van der Waals surface area contributed by atoms with E-state index < -0.39 is 0 Å². The summed E-state index contributed by atoms with van der Waals surface area (Å²) >= 11 is 6.03. The van der Waals surface area contributed by atoms with Gasteiger partial charge >= 0.3 is 0 Å². The maximum atomic E-state index is 6.03. The highest BCUT2D eigenvalue weighted by molar-refractivity contribution is 6.33. The first-order valence-corrected chi connectivity index (χ1v) is 5.79. The molecule has 88 valence electrons. The van der Waals surface area contributed by atoms with Gasteiger partial charge in [0.15, 0.2) is 5.82 Å². The van der Waals surface area contributed by atoms with Crippen molar-refractivity contribution in [3.05, 3.63) is 35.4 Å². The zero-order valence-corrected chi connectivity index (χ0v) is 9.93. The van der Waals surface area contributed by atoms with Gasteiger partial charge in [-0.25, -0.2) is 0 Å². The van der Waals surface area contributed by atoms with E-state index in [1.165, 1.54) is 0 Å². The van der Waals surface area contributed by atoms with Gasteiger partial charge in [0.05, 0.1) is 22.9 Å². The molecule has 3 rings (SSSR count). The van der Waals surface area contributed by atoms with Crippen LogP contribution in [0.5, 0.6) is 0 Å². The Bertz CT molecular complexity index is 551. The first kappa shape index (κ1) is 10.4. The van der Waals surface area contributed by atoms with Crippen LogP contribution in [0, 0.1) is 0 Å². The lowest BCUT2D eigenvalue weighted by molar-refractivity contribution is 0.560. The molecule has 1 aliphatic heterocycles. The zero-order chi connectivity index (χ0) is 11.8. The molecule has 1 aliphatic rings. The van der Waals surface area contributed by atoms with Crippen molar-refractivity contribution in [3.63, 3.8) is 0 Å². The van der Waals surface area contributed by atoms with Crippen LogP contribution >= 0.6 is 11.6 Å². The van der Waals surface area contributed by atoms with Crippen LogP contribution in [0.15, 0.2) is 24.5 Å². The standard InChI is InChI=1S/C11H12ClN5/c12-8-2-1-3-9(11(8)13)16-4-5-17-7-14-15-10(17)6-16/h1-3,7H,4-6,13H2. The fourth-order valence-electron chi connectivity index (χ4n) is 2.07. The molecule has 0 saturated carbocycles. The molecule has 2 aromatic rings. The van der Waals surface area contributed by atoms with Crippen LogP contribution in [0.1, 0.15) is 5.82 Å². The number of hydrogen-bond acceptors (Lipinski definition) is 4. The lowest BCUT2D eigenvalue weighted by atomic mass is 10.2. The number of halogens is 1. The van der Waals surface area contributed by atoms with Gasteiger partial charge in [-0.15, -0.1) is 10.2 Å². The van der Waals surface area contributed by atoms with Gasteiger partial charge in [0.1, 0.15) is 6.33 Å². The monoisotopic (exact) mass is 249 g/mol. The van der Waals surface area contributed by atoms with Gasteiger partial charge in [0.2, 0.25) is 0 Å². The van der Waals surface area contributed by atoms with E-state index in [0.717, 1.165) is 24.6 Å². The Morgan fingerprint density at radius 2 is 2.18 bits per heavy atom. The molecule has 0 saturated heterocycles. The Kier molecular flexibility index (Phi) is 2.40. The molecular formula is C11H12ClN5. The lowest BCUT2D eigenvalue weighted by Gasteiger charge is -2.30. The minimum Gasteiger partial charge on any atom is -0.396 e. The number of benzene rings is 1. The van der Waals surface area contributed by atoms with Crippen molar-refractivity contribution in [1.82, 2.24) is 14.8 Å². The number of nitrogen functional groups attached to an aromatic ring is 1. The molecule has 6 heteroatoms. The van der Waals surface area contributed by atoms with Gasteiger partial charge < -0.3 is 15.2 Å². The summed E-state index contributed by atoms with van der Waals surface area (Å²) < 4.78 is 2.05. The molecule has 0 radical (unpaired) electrons. The summed E-state index contributed by atoms with van der Waals surface area (Å²) in [5, 5.41) is 8.58. The Labute approximate surface area is 104 Å². The molecule has 0 unspecified atom stereocenters. The smallest absolute Gasteiger partial charge is 0.152 e. The fraction of sp³-hybridized carbons (Fsp3) is 0.273. The number of nitrogens with zero attached hydrogens (tertiary/aromatic N) is 4. The van der Waals surface area contributed by atoms with Crippen LogP contribution in [0.4, 0.5) is 11.4 Å². The van der Waals surface area contributed by atoms with Gasteiger partial charge in [-0.05, 0) is 12.1 Å². The predicted molar refractivity (Wildman–Crippen MR) is 66.9 cm³/mol. The molecule has 0 amide bonds. The SMILES string of the molecule is Nc1c(Cl)cccc1N1CCn2cnnc2C1. The van der Waals surface area contributed by atoms with Gasteiger partial charge in [-0.2, -0.15) is 0 Å². The minimum atomic E-state index is 0.592. The van der Waals surface area contributed by atoms with Gasteiger partial charge in [-0.3, -0.25) is 0 Å². The van der Waals surface area contributed by atoms with Gasteiger partial charge in [-0.1, -0.05) is 17.7 Å². The summed E-state index contributed by atoms with van der Waals surface area (Å²) in [6, 6.07) is 5.69. The molecule has 0 fully saturated rings. The number of hydrogen-bond donors (Lipinski definition) is 1. The number of fused-ring (bicyclic) bond motifs is 1. The predicted octanol–water partition coefficient (Wildman–Crippen LogP) is 1.53. The van der Waals surface area contributed by atoms with Crippen molar-refractivity contribution in [2.75, 3.05) is 17.2 Å². The van der Waals surface area contributed by atoms with Gasteiger partial charge in [0, 0.05) is 13.1 Å². The average molecular weight is 250 g/mol. The quantitative estimate of drug-likeness (QED) is 0.779. The molecule has 2 heterocycles. The summed E-state index contributed by atoms with van der Waals surface area (Å²) in [5.41, 5.74) is 7.58. The van der Waals surface area contributed by atoms with Crippen LogP contribution in [0.2, 0.25) is 5.02 Å². The van der Waals surface area contributed by atoms with E-state index in [1.54, 1.807) is 12.4 Å². The van der Waals surface area contributed by atoms with Crippen molar-refractivity contribution in [3.8, 4) is 0 Å². The molecule has 0 atom stereocenters. The van der Waals surface area contributed by atoms with E-state index in [4.69, 9.17) is 17.3 Å². The third kappa shape index (κ3) is 1.72. The summed E-state index contributed by atoms with van der Waals surface area (Å²) in [5.74, 6) is 0.954. The first-order chi connectivity index (χ1) is 8.25. The number of anilines is 2. The highest BCUT2D eigenvalue weighted by Gasteiger charge is 2.19. The second-order valence-electron chi connectivity index (χ2n) is 4.03. The zero-order valence-electron chi connectivity index (χ0n) is 9.17. The molecule has 17 heavy (non-hydrogen) atoms. The van der Waals surface area contributed by atoms with Crippen molar-refractivity contribution in [2.24, 2.45) is 0 Å². The topological polar surface area (TPSA) is 60.0 Å². The summed E-state index contributed by atoms with van der Waals surface area (Å²) in [7, 11) is 0. The molecule has 2 N–H and O–H groups in total. The number of nitrogens with two attached hydrogens (primary N) is 1. The average Bonchev–Trinajstić information content (AvgIpc) is 2.79. The summed E-state index contributed by atoms with van der Waals surface area (Å²) in [6.45, 7) is 2.47. The first-order valence-electron chi connectivity index (χ1n) is 5.41. The number of aromatic nitrogens is 3. The van der Waals surface area contributed by atoms with E-state index >= 15 is 0 Å². The van der Waals surface area contributed by atoms with Crippen molar-refractivity contribution in [1.29, 1.82) is 0 Å². The molecule has 1 aromatic carbocycles. The second kappa shape index (κ2) is 3.92. The highest BCUT2D eigenvalue weighted by Crippen LogP contribution is 2.31. The van der Waals surface area contributed by atoms with Crippen molar-refractivity contribution in [2.45, 2.75) is 13.1 Å². The minimum absolute atomic E-state index is 0.592. The number of rotatable bonds is 1. The maximum Gasteiger partial charge on any atom is 0.152 e. The normalized spacial score (nSPS) is 14.8. The lowest BCUT2D eigenvalue weighted by Crippen LogP contribution is -2.34. The molecule has 0 bridgehead atoms. The van der Waals surface area contributed by atoms with E-state index in [2.05, 4.69) is 19.7 Å². The van der Waals surface area contributed by atoms with Crippen LogP contribution in [0.25, 0.3) is 0 Å². The molecule has 0 aliphatic carbocycles.